The molecule has 1 aromatic carbocycles. The second-order valence-electron chi connectivity index (χ2n) is 4.89. The number of amides is 1. The maximum absolute atomic E-state index is 12.2. The summed E-state index contributed by atoms with van der Waals surface area (Å²) in [5.74, 6) is -0.190. The SMILES string of the molecule is CC[C@@H](NC(=O)c1cnc(C)cn1)c1ccc(C)cc1. The van der Waals surface area contributed by atoms with Gasteiger partial charge in [-0.1, -0.05) is 36.8 Å². The molecule has 1 amide bonds. The van der Waals surface area contributed by atoms with E-state index >= 15 is 0 Å². The van der Waals surface area contributed by atoms with Gasteiger partial charge in [-0.2, -0.15) is 0 Å². The molecule has 20 heavy (non-hydrogen) atoms. The molecular formula is C16H19N3O. The molecule has 2 rings (SSSR count). The third-order valence-electron chi connectivity index (χ3n) is 3.21. The van der Waals surface area contributed by atoms with Gasteiger partial charge in [-0.3, -0.25) is 9.78 Å². The zero-order valence-corrected chi connectivity index (χ0v) is 12.1. The fraction of sp³-hybridized carbons (Fsp3) is 0.312. The van der Waals surface area contributed by atoms with Gasteiger partial charge in [-0.05, 0) is 25.8 Å². The zero-order chi connectivity index (χ0) is 14.5. The standard InChI is InChI=1S/C16H19N3O/c1-4-14(13-7-5-11(2)6-8-13)19-16(20)15-10-17-12(3)9-18-15/h5-10,14H,4H2,1-3H3,(H,19,20)/t14-/m1/s1. The maximum Gasteiger partial charge on any atom is 0.271 e. The highest BCUT2D eigenvalue weighted by molar-refractivity contribution is 5.92. The number of nitrogens with one attached hydrogen (secondary N) is 1. The van der Waals surface area contributed by atoms with Gasteiger partial charge in [0.2, 0.25) is 0 Å². The van der Waals surface area contributed by atoms with Crippen molar-refractivity contribution in [2.24, 2.45) is 0 Å². The van der Waals surface area contributed by atoms with Crippen LogP contribution in [0, 0.1) is 13.8 Å². The number of nitrogens with zero attached hydrogens (tertiary/aromatic N) is 2. The molecule has 4 nitrogen and oxygen atoms in total. The van der Waals surface area contributed by atoms with Crippen LogP contribution in [-0.4, -0.2) is 15.9 Å². The lowest BCUT2D eigenvalue weighted by Gasteiger charge is -2.17. The minimum absolute atomic E-state index is 0.00815. The Morgan fingerprint density at radius 3 is 2.40 bits per heavy atom. The molecule has 4 heteroatoms. The molecule has 1 heterocycles. The summed E-state index contributed by atoms with van der Waals surface area (Å²) < 4.78 is 0. The first kappa shape index (κ1) is 14.2. The molecule has 0 spiro atoms. The average Bonchev–Trinajstić information content (AvgIpc) is 2.46. The molecule has 0 aliphatic heterocycles. The van der Waals surface area contributed by atoms with Gasteiger partial charge in [0, 0.05) is 6.20 Å². The minimum Gasteiger partial charge on any atom is -0.344 e. The Kier molecular flexibility index (Phi) is 4.45. The normalized spacial score (nSPS) is 11.9. The van der Waals surface area contributed by atoms with Gasteiger partial charge in [0.25, 0.3) is 5.91 Å². The number of hydrogen-bond donors (Lipinski definition) is 1. The summed E-state index contributed by atoms with van der Waals surface area (Å²) in [4.78, 5) is 20.3. The number of hydrogen-bond acceptors (Lipinski definition) is 3. The molecule has 0 saturated heterocycles. The van der Waals surface area contributed by atoms with E-state index in [1.807, 2.05) is 32.9 Å². The molecule has 0 fully saturated rings. The number of rotatable bonds is 4. The van der Waals surface area contributed by atoms with Gasteiger partial charge in [0.15, 0.2) is 0 Å². The molecule has 1 atom stereocenters. The van der Waals surface area contributed by atoms with Gasteiger partial charge in [-0.15, -0.1) is 0 Å². The summed E-state index contributed by atoms with van der Waals surface area (Å²) in [6.45, 7) is 5.94. The largest absolute Gasteiger partial charge is 0.344 e. The van der Waals surface area contributed by atoms with E-state index in [0.717, 1.165) is 17.7 Å². The predicted octanol–water partition coefficient (Wildman–Crippen LogP) is 2.97. The Balaban J connectivity index is 2.11. The van der Waals surface area contributed by atoms with Crippen LogP contribution >= 0.6 is 0 Å². The van der Waals surface area contributed by atoms with E-state index in [9.17, 15) is 4.79 Å². The van der Waals surface area contributed by atoms with E-state index in [1.165, 1.54) is 11.8 Å². The summed E-state index contributed by atoms with van der Waals surface area (Å²) >= 11 is 0. The first-order chi connectivity index (χ1) is 9.60. The summed E-state index contributed by atoms with van der Waals surface area (Å²) in [6.07, 6.45) is 3.93. The van der Waals surface area contributed by atoms with E-state index in [4.69, 9.17) is 0 Å². The fourth-order valence-electron chi connectivity index (χ4n) is 1.96. The molecule has 1 aromatic heterocycles. The quantitative estimate of drug-likeness (QED) is 0.928. The first-order valence-corrected chi connectivity index (χ1v) is 6.76. The van der Waals surface area contributed by atoms with Crippen LogP contribution in [0.3, 0.4) is 0 Å². The maximum atomic E-state index is 12.2. The summed E-state index contributed by atoms with van der Waals surface area (Å²) in [5.41, 5.74) is 3.46. The molecule has 0 bridgehead atoms. The van der Waals surface area contributed by atoms with Crippen molar-refractivity contribution in [1.82, 2.24) is 15.3 Å². The Bertz CT molecular complexity index is 576. The molecular weight excluding hydrogens is 250 g/mol. The lowest BCUT2D eigenvalue weighted by atomic mass is 10.0. The van der Waals surface area contributed by atoms with Crippen molar-refractivity contribution in [3.63, 3.8) is 0 Å². The Morgan fingerprint density at radius 1 is 1.15 bits per heavy atom. The molecule has 0 aliphatic rings. The molecule has 2 aromatic rings. The highest BCUT2D eigenvalue weighted by Gasteiger charge is 2.15. The Morgan fingerprint density at radius 2 is 1.85 bits per heavy atom. The Labute approximate surface area is 119 Å². The molecule has 0 aliphatic carbocycles. The first-order valence-electron chi connectivity index (χ1n) is 6.76. The number of carbonyl (C=O) groups is 1. The predicted molar refractivity (Wildman–Crippen MR) is 78.4 cm³/mol. The van der Waals surface area contributed by atoms with Crippen LogP contribution in [0.25, 0.3) is 0 Å². The summed E-state index contributed by atoms with van der Waals surface area (Å²) in [6, 6.07) is 8.19. The third-order valence-corrected chi connectivity index (χ3v) is 3.21. The summed E-state index contributed by atoms with van der Waals surface area (Å²) in [5, 5.41) is 3.00. The van der Waals surface area contributed by atoms with Crippen molar-refractivity contribution in [1.29, 1.82) is 0 Å². The lowest BCUT2D eigenvalue weighted by Crippen LogP contribution is -2.29. The van der Waals surface area contributed by atoms with Crippen LogP contribution in [0.1, 0.15) is 46.7 Å². The lowest BCUT2D eigenvalue weighted by molar-refractivity contribution is 0.0930. The summed E-state index contributed by atoms with van der Waals surface area (Å²) in [7, 11) is 0. The monoisotopic (exact) mass is 269 g/mol. The molecule has 1 N–H and O–H groups in total. The van der Waals surface area contributed by atoms with Gasteiger partial charge >= 0.3 is 0 Å². The number of benzene rings is 1. The fourth-order valence-corrected chi connectivity index (χ4v) is 1.96. The van der Waals surface area contributed by atoms with Gasteiger partial charge < -0.3 is 5.32 Å². The second-order valence-corrected chi connectivity index (χ2v) is 4.89. The molecule has 104 valence electrons. The van der Waals surface area contributed by atoms with Crippen molar-refractivity contribution in [3.05, 3.63) is 59.2 Å². The smallest absolute Gasteiger partial charge is 0.271 e. The van der Waals surface area contributed by atoms with Crippen molar-refractivity contribution < 1.29 is 4.79 Å². The second kappa shape index (κ2) is 6.28. The van der Waals surface area contributed by atoms with Crippen LogP contribution < -0.4 is 5.32 Å². The van der Waals surface area contributed by atoms with E-state index in [-0.39, 0.29) is 11.9 Å². The molecule has 0 saturated carbocycles. The van der Waals surface area contributed by atoms with Crippen molar-refractivity contribution >= 4 is 5.91 Å². The van der Waals surface area contributed by atoms with E-state index in [1.54, 1.807) is 6.20 Å². The average molecular weight is 269 g/mol. The highest BCUT2D eigenvalue weighted by Crippen LogP contribution is 2.17. The zero-order valence-electron chi connectivity index (χ0n) is 12.1. The van der Waals surface area contributed by atoms with Gasteiger partial charge in [0.1, 0.15) is 5.69 Å². The van der Waals surface area contributed by atoms with Crippen LogP contribution in [0.2, 0.25) is 0 Å². The van der Waals surface area contributed by atoms with Crippen molar-refractivity contribution in [2.75, 3.05) is 0 Å². The number of aromatic nitrogens is 2. The van der Waals surface area contributed by atoms with Crippen molar-refractivity contribution in [2.45, 2.75) is 33.2 Å². The topological polar surface area (TPSA) is 54.9 Å². The number of carbonyl (C=O) groups excluding carboxylic acids is 1. The van der Waals surface area contributed by atoms with Gasteiger partial charge in [-0.25, -0.2) is 4.98 Å². The highest BCUT2D eigenvalue weighted by atomic mass is 16.1. The van der Waals surface area contributed by atoms with E-state index < -0.39 is 0 Å². The third kappa shape index (κ3) is 3.41. The van der Waals surface area contributed by atoms with E-state index in [2.05, 4.69) is 27.4 Å². The van der Waals surface area contributed by atoms with Crippen LogP contribution in [0.4, 0.5) is 0 Å². The van der Waals surface area contributed by atoms with E-state index in [0.29, 0.717) is 5.69 Å². The molecule has 0 radical (unpaired) electrons. The Hall–Kier alpha value is -2.23. The van der Waals surface area contributed by atoms with Crippen LogP contribution in [0.5, 0.6) is 0 Å². The van der Waals surface area contributed by atoms with Crippen LogP contribution in [-0.2, 0) is 0 Å². The van der Waals surface area contributed by atoms with Crippen molar-refractivity contribution in [3.8, 4) is 0 Å². The number of aryl methyl sites for hydroxylation is 2. The molecule has 0 unspecified atom stereocenters. The van der Waals surface area contributed by atoms with Gasteiger partial charge in [0.05, 0.1) is 17.9 Å². The van der Waals surface area contributed by atoms with Crippen LogP contribution in [0.15, 0.2) is 36.7 Å². The minimum atomic E-state index is -0.190.